The van der Waals surface area contributed by atoms with Gasteiger partial charge in [0.25, 0.3) is 0 Å². The SMILES string of the molecule is CC(C)(C)C=CC=CC(C)(C)C.Cc1ccc(P(=NC2=CC=CC2)(c2ccc(C)cc2)c2ccc(C)cc2)cc1.[Ti]. The van der Waals surface area contributed by atoms with Crippen LogP contribution in [0.3, 0.4) is 0 Å². The van der Waals surface area contributed by atoms with E-state index in [0.717, 1.165) is 12.1 Å². The zero-order valence-electron chi connectivity index (χ0n) is 26.6. The third-order valence-electron chi connectivity index (χ3n) is 6.56. The molecule has 0 aliphatic heterocycles. The van der Waals surface area contributed by atoms with Crippen LogP contribution in [0.4, 0.5) is 0 Å². The van der Waals surface area contributed by atoms with Crippen molar-refractivity contribution < 1.29 is 21.7 Å². The Hall–Kier alpha value is -2.44. The molecule has 1 nitrogen and oxygen atoms in total. The van der Waals surface area contributed by atoms with Crippen molar-refractivity contribution >= 4 is 23.0 Å². The number of benzene rings is 3. The van der Waals surface area contributed by atoms with E-state index < -0.39 is 7.05 Å². The molecule has 0 atom stereocenters. The van der Waals surface area contributed by atoms with E-state index in [1.54, 1.807) is 0 Å². The fourth-order valence-electron chi connectivity index (χ4n) is 4.29. The van der Waals surface area contributed by atoms with Crippen molar-refractivity contribution in [3.8, 4) is 0 Å². The number of allylic oxidation sites excluding steroid dienone is 7. The second-order valence-corrected chi connectivity index (χ2v) is 16.0. The third-order valence-corrected chi connectivity index (χ3v) is 10.2. The van der Waals surface area contributed by atoms with Gasteiger partial charge >= 0.3 is 0 Å². The minimum atomic E-state index is -2.15. The van der Waals surface area contributed by atoms with Gasteiger partial charge in [0.15, 0.2) is 0 Å². The summed E-state index contributed by atoms with van der Waals surface area (Å²) in [6, 6.07) is 26.9. The number of aryl methyl sites for hydroxylation is 3. The van der Waals surface area contributed by atoms with E-state index in [1.807, 2.05) is 0 Å². The van der Waals surface area contributed by atoms with Crippen molar-refractivity contribution in [3.63, 3.8) is 0 Å². The first-order valence-electron chi connectivity index (χ1n) is 14.4. The summed E-state index contributed by atoms with van der Waals surface area (Å²) >= 11 is 0. The predicted molar refractivity (Wildman–Crippen MR) is 181 cm³/mol. The first-order chi connectivity index (χ1) is 18.8. The zero-order chi connectivity index (χ0) is 29.4. The van der Waals surface area contributed by atoms with Gasteiger partial charge in [-0.25, -0.2) is 0 Å². The Labute approximate surface area is 265 Å². The largest absolute Gasteiger partial charge is 0.258 e. The molecular formula is C38H48NPTi. The van der Waals surface area contributed by atoms with E-state index in [0.29, 0.717) is 10.8 Å². The maximum atomic E-state index is 5.52. The van der Waals surface area contributed by atoms with Crippen LogP contribution in [0.2, 0.25) is 0 Å². The Morgan fingerprint density at radius 1 is 0.585 bits per heavy atom. The van der Waals surface area contributed by atoms with Gasteiger partial charge in [0.1, 0.15) is 0 Å². The molecule has 0 bridgehead atoms. The normalized spacial score (nSPS) is 13.5. The summed E-state index contributed by atoms with van der Waals surface area (Å²) in [6.07, 6.45) is 16.1. The number of nitrogens with zero attached hydrogens (tertiary/aromatic N) is 1. The maximum Gasteiger partial charge on any atom is 0.0608 e. The molecule has 0 radical (unpaired) electrons. The van der Waals surface area contributed by atoms with Crippen LogP contribution >= 0.6 is 7.05 Å². The quantitative estimate of drug-likeness (QED) is 0.158. The van der Waals surface area contributed by atoms with Crippen molar-refractivity contribution in [1.82, 2.24) is 0 Å². The van der Waals surface area contributed by atoms with Crippen molar-refractivity contribution in [3.05, 3.63) is 138 Å². The van der Waals surface area contributed by atoms with Gasteiger partial charge < -0.3 is 0 Å². The molecule has 3 aromatic rings. The second kappa shape index (κ2) is 15.2. The average Bonchev–Trinajstić information content (AvgIpc) is 3.39. The van der Waals surface area contributed by atoms with Gasteiger partial charge in [0, 0.05) is 49.7 Å². The fraction of sp³-hybridized carbons (Fsp3) is 0.316. The molecule has 0 aromatic heterocycles. The molecule has 1 aliphatic rings. The van der Waals surface area contributed by atoms with E-state index in [-0.39, 0.29) is 21.7 Å². The van der Waals surface area contributed by atoms with Crippen LogP contribution in [0.5, 0.6) is 0 Å². The standard InChI is InChI=1S/C26H26NP.C12H22.Ti/c1-20-8-14-24(15-9-20)28(27-23-6-4-5-7-23,25-16-10-21(2)11-17-25)26-18-12-22(3)13-19-26;1-11(2,3)9-7-8-10-12(4,5)6;/h4-6,8-19H,7H2,1-3H3;7-10H,1-6H3;. The molecule has 0 saturated heterocycles. The number of hydrogen-bond donors (Lipinski definition) is 0. The molecule has 1 aliphatic carbocycles. The van der Waals surface area contributed by atoms with E-state index >= 15 is 0 Å². The molecule has 3 aromatic carbocycles. The summed E-state index contributed by atoms with van der Waals surface area (Å²) in [4.78, 5) is 0. The maximum absolute atomic E-state index is 5.52. The van der Waals surface area contributed by atoms with E-state index in [1.165, 1.54) is 32.6 Å². The van der Waals surface area contributed by atoms with Crippen LogP contribution in [0.15, 0.2) is 126 Å². The zero-order valence-corrected chi connectivity index (χ0v) is 29.0. The summed E-state index contributed by atoms with van der Waals surface area (Å²) in [5, 5.41) is 3.91. The van der Waals surface area contributed by atoms with Gasteiger partial charge in [-0.2, -0.15) is 0 Å². The van der Waals surface area contributed by atoms with Crippen molar-refractivity contribution in [2.45, 2.75) is 68.7 Å². The predicted octanol–water partition coefficient (Wildman–Crippen LogP) is 10.1. The monoisotopic (exact) mass is 597 g/mol. The molecule has 0 saturated carbocycles. The molecule has 0 N–H and O–H groups in total. The van der Waals surface area contributed by atoms with Crippen LogP contribution < -0.4 is 15.9 Å². The van der Waals surface area contributed by atoms with Crippen LogP contribution in [0.1, 0.15) is 64.7 Å². The molecule has 0 unspecified atom stereocenters. The molecule has 41 heavy (non-hydrogen) atoms. The Morgan fingerprint density at radius 2 is 0.927 bits per heavy atom. The molecular weight excluding hydrogens is 549 g/mol. The summed E-state index contributed by atoms with van der Waals surface area (Å²) in [5.74, 6) is 0. The molecule has 0 amide bonds. The molecule has 3 heteroatoms. The number of hydrogen-bond acceptors (Lipinski definition) is 1. The van der Waals surface area contributed by atoms with Crippen molar-refractivity contribution in [2.75, 3.05) is 0 Å². The van der Waals surface area contributed by atoms with Gasteiger partial charge in [0.2, 0.25) is 0 Å². The Kier molecular flexibility index (Phi) is 12.9. The minimum absolute atomic E-state index is 0. The van der Waals surface area contributed by atoms with Gasteiger partial charge in [-0.05, 0) is 37.7 Å². The summed E-state index contributed by atoms with van der Waals surface area (Å²) < 4.78 is 5.52. The van der Waals surface area contributed by atoms with Crippen LogP contribution in [0, 0.1) is 31.6 Å². The molecule has 0 heterocycles. The molecule has 4 rings (SSSR count). The van der Waals surface area contributed by atoms with E-state index in [9.17, 15) is 0 Å². The van der Waals surface area contributed by atoms with Crippen LogP contribution in [-0.4, -0.2) is 0 Å². The first-order valence-corrected chi connectivity index (χ1v) is 16.1. The first kappa shape index (κ1) is 34.8. The van der Waals surface area contributed by atoms with Gasteiger partial charge in [-0.15, -0.1) is 0 Å². The summed E-state index contributed by atoms with van der Waals surface area (Å²) in [5.41, 5.74) is 5.57. The van der Waals surface area contributed by atoms with Crippen molar-refractivity contribution in [2.24, 2.45) is 15.6 Å². The summed E-state index contributed by atoms with van der Waals surface area (Å²) in [7, 11) is -2.15. The second-order valence-electron chi connectivity index (χ2n) is 13.0. The van der Waals surface area contributed by atoms with Crippen LogP contribution in [0.25, 0.3) is 0 Å². The van der Waals surface area contributed by atoms with Gasteiger partial charge in [-0.1, -0.05) is 167 Å². The fourth-order valence-corrected chi connectivity index (χ4v) is 7.81. The Balaban J connectivity index is 0.000000387. The number of rotatable bonds is 5. The Morgan fingerprint density at radius 3 is 1.20 bits per heavy atom. The Bertz CT molecular complexity index is 1280. The van der Waals surface area contributed by atoms with Gasteiger partial charge in [-0.3, -0.25) is 4.74 Å². The topological polar surface area (TPSA) is 12.4 Å². The van der Waals surface area contributed by atoms with E-state index in [4.69, 9.17) is 4.74 Å². The molecule has 0 fully saturated rings. The third kappa shape index (κ3) is 10.7. The summed E-state index contributed by atoms with van der Waals surface area (Å²) in [6.45, 7) is 19.6. The smallest absolute Gasteiger partial charge is 0.0608 e. The van der Waals surface area contributed by atoms with Gasteiger partial charge in [0.05, 0.1) is 7.05 Å². The molecule has 0 spiro atoms. The molecule has 214 valence electrons. The average molecular weight is 598 g/mol. The van der Waals surface area contributed by atoms with E-state index in [2.05, 4.69) is 178 Å². The van der Waals surface area contributed by atoms with Crippen molar-refractivity contribution in [1.29, 1.82) is 0 Å². The minimum Gasteiger partial charge on any atom is -0.258 e. The van der Waals surface area contributed by atoms with Crippen LogP contribution in [-0.2, 0) is 21.7 Å².